The van der Waals surface area contributed by atoms with Crippen molar-refractivity contribution in [2.75, 3.05) is 20.1 Å². The third-order valence-corrected chi connectivity index (χ3v) is 4.94. The number of amides is 2. The Hall–Kier alpha value is -2.30. The van der Waals surface area contributed by atoms with Gasteiger partial charge in [0, 0.05) is 32.2 Å². The van der Waals surface area contributed by atoms with Gasteiger partial charge >= 0.3 is 6.18 Å². The summed E-state index contributed by atoms with van der Waals surface area (Å²) in [5.74, 6) is -4.80. The van der Waals surface area contributed by atoms with E-state index >= 15 is 0 Å². The van der Waals surface area contributed by atoms with Gasteiger partial charge in [0.05, 0.1) is 6.20 Å². The molecule has 0 radical (unpaired) electrons. The lowest BCUT2D eigenvalue weighted by atomic mass is 9.91. The van der Waals surface area contributed by atoms with Gasteiger partial charge < -0.3 is 14.9 Å². The van der Waals surface area contributed by atoms with Crippen LogP contribution in [0.3, 0.4) is 0 Å². The van der Waals surface area contributed by atoms with E-state index in [0.717, 1.165) is 4.90 Å². The van der Waals surface area contributed by atoms with Gasteiger partial charge in [0.25, 0.3) is 11.8 Å². The molecule has 156 valence electrons. The molecule has 2 heterocycles. The zero-order valence-corrected chi connectivity index (χ0v) is 15.4. The maximum Gasteiger partial charge on any atom is 0.426 e. The minimum atomic E-state index is -5.12. The van der Waals surface area contributed by atoms with Crippen molar-refractivity contribution in [3.8, 4) is 0 Å². The Labute approximate surface area is 157 Å². The molecule has 1 unspecified atom stereocenters. The molecule has 1 aliphatic heterocycles. The molecule has 28 heavy (non-hydrogen) atoms. The van der Waals surface area contributed by atoms with E-state index in [2.05, 4.69) is 4.98 Å². The van der Waals surface area contributed by atoms with Crippen molar-refractivity contribution in [2.45, 2.75) is 38.1 Å². The zero-order chi connectivity index (χ0) is 21.4. The van der Waals surface area contributed by atoms with E-state index in [1.54, 1.807) is 6.92 Å². The molecular weight excluding hydrogens is 389 g/mol. The third kappa shape index (κ3) is 4.08. The van der Waals surface area contributed by atoms with Gasteiger partial charge in [0.15, 0.2) is 11.5 Å². The number of alkyl halides is 3. The van der Waals surface area contributed by atoms with Crippen molar-refractivity contribution >= 4 is 11.8 Å². The molecule has 0 aliphatic carbocycles. The lowest BCUT2D eigenvalue weighted by molar-refractivity contribution is -0.251. The number of hydrogen-bond donors (Lipinski definition) is 1. The molecule has 1 aromatic rings. The predicted molar refractivity (Wildman–Crippen MR) is 87.1 cm³/mol. The lowest BCUT2D eigenvalue weighted by Gasteiger charge is -2.43. The van der Waals surface area contributed by atoms with Crippen molar-refractivity contribution in [1.82, 2.24) is 14.8 Å². The second-order valence-electron chi connectivity index (χ2n) is 7.05. The number of rotatable bonds is 3. The van der Waals surface area contributed by atoms with Gasteiger partial charge in [-0.15, -0.1) is 0 Å². The maximum absolute atomic E-state index is 13.8. The monoisotopic (exact) mass is 409 g/mol. The van der Waals surface area contributed by atoms with E-state index in [-0.39, 0.29) is 19.5 Å². The summed E-state index contributed by atoms with van der Waals surface area (Å²) >= 11 is 0. The Kier molecular flexibility index (Phi) is 5.98. The van der Waals surface area contributed by atoms with E-state index in [0.29, 0.717) is 19.2 Å². The fraction of sp³-hybridized carbons (Fsp3) is 0.588. The van der Waals surface area contributed by atoms with Gasteiger partial charge in [-0.1, -0.05) is 6.92 Å². The molecule has 2 rings (SSSR count). The van der Waals surface area contributed by atoms with Crippen LogP contribution in [0.2, 0.25) is 0 Å². The highest BCUT2D eigenvalue weighted by Gasteiger charge is 2.57. The van der Waals surface area contributed by atoms with Gasteiger partial charge in [-0.05, 0) is 19.3 Å². The number of aliphatic hydroxyl groups is 1. The maximum atomic E-state index is 13.8. The molecule has 6 nitrogen and oxygen atoms in total. The summed E-state index contributed by atoms with van der Waals surface area (Å²) in [5, 5.41) is 9.56. The molecule has 2 amide bonds. The smallest absolute Gasteiger partial charge is 0.373 e. The van der Waals surface area contributed by atoms with Crippen LogP contribution in [0.4, 0.5) is 22.0 Å². The molecule has 0 saturated carbocycles. The fourth-order valence-corrected chi connectivity index (χ4v) is 3.21. The van der Waals surface area contributed by atoms with Gasteiger partial charge in [0.1, 0.15) is 5.82 Å². The number of likely N-dealkylation sites (tertiary alicyclic amines) is 1. The molecule has 3 atom stereocenters. The highest BCUT2D eigenvalue weighted by molar-refractivity contribution is 5.92. The number of carbonyl (C=O) groups is 2. The first-order chi connectivity index (χ1) is 12.8. The molecule has 11 heteroatoms. The van der Waals surface area contributed by atoms with Gasteiger partial charge in [0.2, 0.25) is 5.60 Å². The van der Waals surface area contributed by atoms with Crippen LogP contribution in [0.1, 0.15) is 30.8 Å². The number of nitrogens with zero attached hydrogens (tertiary/aromatic N) is 3. The van der Waals surface area contributed by atoms with Gasteiger partial charge in [-0.2, -0.15) is 13.2 Å². The Balaban J connectivity index is 2.11. The highest BCUT2D eigenvalue weighted by atomic mass is 19.4. The number of aromatic nitrogens is 1. The molecule has 1 aliphatic rings. The Morgan fingerprint density at radius 1 is 1.32 bits per heavy atom. The summed E-state index contributed by atoms with van der Waals surface area (Å²) in [6, 6.07) is 0.0106. The second kappa shape index (κ2) is 7.61. The quantitative estimate of drug-likeness (QED) is 0.775. The van der Waals surface area contributed by atoms with Crippen LogP contribution in [0.15, 0.2) is 12.3 Å². The summed E-state index contributed by atoms with van der Waals surface area (Å²) in [4.78, 5) is 30.1. The van der Waals surface area contributed by atoms with Crippen LogP contribution in [-0.4, -0.2) is 69.7 Å². The number of carbonyl (C=O) groups excluding carboxylic acids is 2. The Morgan fingerprint density at radius 3 is 2.43 bits per heavy atom. The normalized spacial score (nSPS) is 22.5. The first kappa shape index (κ1) is 22.0. The first-order valence-electron chi connectivity index (χ1n) is 8.44. The van der Waals surface area contributed by atoms with Crippen LogP contribution >= 0.6 is 0 Å². The molecule has 1 N–H and O–H groups in total. The minimum absolute atomic E-state index is 0.117. The third-order valence-electron chi connectivity index (χ3n) is 4.94. The van der Waals surface area contributed by atoms with E-state index in [1.807, 2.05) is 0 Å². The van der Waals surface area contributed by atoms with Crippen LogP contribution < -0.4 is 0 Å². The summed E-state index contributed by atoms with van der Waals surface area (Å²) in [7, 11) is 1.37. The minimum Gasteiger partial charge on any atom is -0.373 e. The average Bonchev–Trinajstić information content (AvgIpc) is 2.58. The van der Waals surface area contributed by atoms with E-state index in [4.69, 9.17) is 0 Å². The van der Waals surface area contributed by atoms with Crippen LogP contribution in [-0.2, 0) is 4.79 Å². The van der Waals surface area contributed by atoms with E-state index < -0.39 is 52.9 Å². The molecule has 0 bridgehead atoms. The SMILES string of the molecule is C[C@@H]1CN(C(=O)C(C)(O)C(F)(F)F)CC[C@@H]1N(C)C(=O)c1ncc(F)cc1F. The summed E-state index contributed by atoms with van der Waals surface area (Å²) in [6.45, 7) is 1.75. The number of pyridine rings is 1. The van der Waals surface area contributed by atoms with Crippen molar-refractivity contribution in [2.24, 2.45) is 5.92 Å². The molecule has 1 saturated heterocycles. The summed E-state index contributed by atoms with van der Waals surface area (Å²) in [6.07, 6.45) is -4.30. The Morgan fingerprint density at radius 2 is 1.93 bits per heavy atom. The number of halogens is 5. The Bertz CT molecular complexity index is 769. The van der Waals surface area contributed by atoms with E-state index in [9.17, 15) is 36.6 Å². The van der Waals surface area contributed by atoms with E-state index in [1.165, 1.54) is 11.9 Å². The molecular formula is C17H20F5N3O3. The van der Waals surface area contributed by atoms with Gasteiger partial charge in [-0.25, -0.2) is 13.8 Å². The zero-order valence-electron chi connectivity index (χ0n) is 15.4. The molecule has 1 aromatic heterocycles. The van der Waals surface area contributed by atoms with Crippen LogP contribution in [0, 0.1) is 17.6 Å². The topological polar surface area (TPSA) is 73.7 Å². The number of hydrogen-bond acceptors (Lipinski definition) is 4. The summed E-state index contributed by atoms with van der Waals surface area (Å²) in [5.41, 5.74) is -4.09. The standard InChI is InChI=1S/C17H20F5N3O3/c1-9-8-25(15(27)16(2,28)17(20,21)22)5-4-12(9)24(3)14(26)13-11(19)6-10(18)7-23-13/h6-7,9,12,28H,4-5,8H2,1-3H3/t9-,12+,16?/m1/s1. The first-order valence-corrected chi connectivity index (χ1v) is 8.44. The van der Waals surface area contributed by atoms with Crippen molar-refractivity contribution in [3.05, 3.63) is 29.6 Å². The fourth-order valence-electron chi connectivity index (χ4n) is 3.21. The average molecular weight is 409 g/mol. The van der Waals surface area contributed by atoms with Crippen molar-refractivity contribution in [1.29, 1.82) is 0 Å². The molecule has 1 fully saturated rings. The number of piperidine rings is 1. The lowest BCUT2D eigenvalue weighted by Crippen LogP contribution is -2.60. The molecule has 0 spiro atoms. The van der Waals surface area contributed by atoms with Crippen molar-refractivity contribution in [3.63, 3.8) is 0 Å². The highest BCUT2D eigenvalue weighted by Crippen LogP contribution is 2.33. The van der Waals surface area contributed by atoms with Crippen molar-refractivity contribution < 1.29 is 36.6 Å². The van der Waals surface area contributed by atoms with Gasteiger partial charge in [-0.3, -0.25) is 9.59 Å². The molecule has 0 aromatic carbocycles. The predicted octanol–water partition coefficient (Wildman–Crippen LogP) is 1.98. The van der Waals surface area contributed by atoms with Crippen LogP contribution in [0.25, 0.3) is 0 Å². The largest absolute Gasteiger partial charge is 0.426 e. The second-order valence-corrected chi connectivity index (χ2v) is 7.05. The van der Waals surface area contributed by atoms with Crippen LogP contribution in [0.5, 0.6) is 0 Å². The summed E-state index contributed by atoms with van der Waals surface area (Å²) < 4.78 is 65.4.